The molecule has 5 nitrogen and oxygen atoms in total. The van der Waals surface area contributed by atoms with Crippen molar-refractivity contribution in [1.82, 2.24) is 0 Å². The number of rotatable bonds is 8. The summed E-state index contributed by atoms with van der Waals surface area (Å²) in [6.45, 7) is 2.30. The number of carbonyl (C=O) groups is 2. The highest BCUT2D eigenvalue weighted by atomic mass is 16.5. The van der Waals surface area contributed by atoms with Crippen LogP contribution in [0.25, 0.3) is 0 Å². The van der Waals surface area contributed by atoms with Crippen molar-refractivity contribution in [1.29, 1.82) is 0 Å². The third-order valence-electron chi connectivity index (χ3n) is 2.73. The molecule has 0 heterocycles. The second kappa shape index (κ2) is 8.19. The van der Waals surface area contributed by atoms with Crippen molar-refractivity contribution in [3.05, 3.63) is 23.8 Å². The standard InChI is InChI=1S/C15H20O5/c1-4-9-20-15(17)8-6-13(16)12-10-11(18-2)5-7-14(12)19-3/h5,7,10H,4,6,8-9H2,1-3H3. The Balaban J connectivity index is 2.69. The minimum Gasteiger partial charge on any atom is -0.497 e. The van der Waals surface area contributed by atoms with Crippen molar-refractivity contribution in [3.8, 4) is 11.5 Å². The summed E-state index contributed by atoms with van der Waals surface area (Å²) in [5.74, 6) is 0.511. The molecular weight excluding hydrogens is 260 g/mol. The van der Waals surface area contributed by atoms with Crippen LogP contribution in [0, 0.1) is 0 Å². The van der Waals surface area contributed by atoms with Gasteiger partial charge in [0.05, 0.1) is 32.8 Å². The number of hydrogen-bond donors (Lipinski definition) is 0. The van der Waals surface area contributed by atoms with E-state index in [2.05, 4.69) is 0 Å². The number of Topliss-reactive ketones (excluding diaryl/α,β-unsaturated/α-hetero) is 1. The number of methoxy groups -OCH3 is 2. The molecule has 0 atom stereocenters. The molecule has 0 aliphatic heterocycles. The summed E-state index contributed by atoms with van der Waals surface area (Å²) in [5.41, 5.74) is 0.412. The monoisotopic (exact) mass is 280 g/mol. The minimum absolute atomic E-state index is 0.0686. The molecular formula is C15H20O5. The molecule has 20 heavy (non-hydrogen) atoms. The van der Waals surface area contributed by atoms with Crippen molar-refractivity contribution in [3.63, 3.8) is 0 Å². The summed E-state index contributed by atoms with van der Waals surface area (Å²) in [7, 11) is 3.02. The molecule has 0 saturated carbocycles. The maximum absolute atomic E-state index is 12.1. The summed E-state index contributed by atoms with van der Waals surface area (Å²) in [6.07, 6.45) is 0.925. The fraction of sp³-hybridized carbons (Fsp3) is 0.467. The van der Waals surface area contributed by atoms with E-state index in [-0.39, 0.29) is 24.6 Å². The molecule has 1 aromatic carbocycles. The van der Waals surface area contributed by atoms with Gasteiger partial charge >= 0.3 is 5.97 Å². The molecule has 0 bridgehead atoms. The van der Waals surface area contributed by atoms with Crippen LogP contribution < -0.4 is 9.47 Å². The Morgan fingerprint density at radius 3 is 2.45 bits per heavy atom. The van der Waals surface area contributed by atoms with Gasteiger partial charge in [0, 0.05) is 6.42 Å². The van der Waals surface area contributed by atoms with Gasteiger partial charge in [-0.25, -0.2) is 0 Å². The van der Waals surface area contributed by atoms with Crippen LogP contribution in [-0.4, -0.2) is 32.6 Å². The van der Waals surface area contributed by atoms with Crippen LogP contribution in [-0.2, 0) is 9.53 Å². The van der Waals surface area contributed by atoms with Gasteiger partial charge in [-0.1, -0.05) is 6.92 Å². The highest BCUT2D eigenvalue weighted by molar-refractivity contribution is 6.00. The van der Waals surface area contributed by atoms with Crippen LogP contribution in [0.15, 0.2) is 18.2 Å². The van der Waals surface area contributed by atoms with E-state index >= 15 is 0 Å². The molecule has 0 aliphatic rings. The Kier molecular flexibility index (Phi) is 6.56. The van der Waals surface area contributed by atoms with Crippen LogP contribution in [0.1, 0.15) is 36.5 Å². The normalized spacial score (nSPS) is 9.95. The molecule has 5 heteroatoms. The lowest BCUT2D eigenvalue weighted by atomic mass is 10.1. The van der Waals surface area contributed by atoms with E-state index in [0.717, 1.165) is 6.42 Å². The van der Waals surface area contributed by atoms with Gasteiger partial charge in [-0.15, -0.1) is 0 Å². The van der Waals surface area contributed by atoms with Crippen LogP contribution in [0.2, 0.25) is 0 Å². The summed E-state index contributed by atoms with van der Waals surface area (Å²) < 4.78 is 15.2. The minimum atomic E-state index is -0.359. The molecule has 0 radical (unpaired) electrons. The van der Waals surface area contributed by atoms with E-state index in [1.807, 2.05) is 6.92 Å². The van der Waals surface area contributed by atoms with Gasteiger partial charge in [-0.3, -0.25) is 9.59 Å². The smallest absolute Gasteiger partial charge is 0.306 e. The van der Waals surface area contributed by atoms with Crippen LogP contribution in [0.5, 0.6) is 11.5 Å². The molecule has 0 fully saturated rings. The summed E-state index contributed by atoms with van der Waals surface area (Å²) in [6, 6.07) is 4.99. The molecule has 1 rings (SSSR count). The second-order valence-corrected chi connectivity index (χ2v) is 4.21. The highest BCUT2D eigenvalue weighted by Gasteiger charge is 2.15. The van der Waals surface area contributed by atoms with E-state index in [4.69, 9.17) is 14.2 Å². The van der Waals surface area contributed by atoms with Crippen LogP contribution in [0.3, 0.4) is 0 Å². The zero-order valence-corrected chi connectivity index (χ0v) is 12.1. The number of ketones is 1. The molecule has 0 N–H and O–H groups in total. The number of ether oxygens (including phenoxy) is 3. The van der Waals surface area contributed by atoms with Gasteiger partial charge in [0.25, 0.3) is 0 Å². The van der Waals surface area contributed by atoms with Gasteiger partial charge < -0.3 is 14.2 Å². The average Bonchev–Trinajstić information content (AvgIpc) is 2.49. The first kappa shape index (κ1) is 16.0. The lowest BCUT2D eigenvalue weighted by Gasteiger charge is -2.09. The van der Waals surface area contributed by atoms with Gasteiger partial charge in [-0.2, -0.15) is 0 Å². The number of esters is 1. The van der Waals surface area contributed by atoms with Gasteiger partial charge in [-0.05, 0) is 24.6 Å². The Morgan fingerprint density at radius 2 is 1.85 bits per heavy atom. The first-order valence-corrected chi connectivity index (χ1v) is 6.53. The Morgan fingerprint density at radius 1 is 1.10 bits per heavy atom. The fourth-order valence-electron chi connectivity index (χ4n) is 1.67. The average molecular weight is 280 g/mol. The van der Waals surface area contributed by atoms with Crippen molar-refractivity contribution in [2.45, 2.75) is 26.2 Å². The summed E-state index contributed by atoms with van der Waals surface area (Å²) in [4.78, 5) is 23.5. The molecule has 0 unspecified atom stereocenters. The number of hydrogen-bond acceptors (Lipinski definition) is 5. The van der Waals surface area contributed by atoms with Crippen LogP contribution in [0.4, 0.5) is 0 Å². The maximum Gasteiger partial charge on any atom is 0.306 e. The lowest BCUT2D eigenvalue weighted by molar-refractivity contribution is -0.143. The third-order valence-corrected chi connectivity index (χ3v) is 2.73. The molecule has 1 aromatic rings. The van der Waals surface area contributed by atoms with E-state index < -0.39 is 0 Å². The zero-order valence-electron chi connectivity index (χ0n) is 12.1. The number of carbonyl (C=O) groups excluding carboxylic acids is 2. The van der Waals surface area contributed by atoms with Crippen molar-refractivity contribution >= 4 is 11.8 Å². The Labute approximate surface area is 118 Å². The van der Waals surface area contributed by atoms with E-state index in [1.165, 1.54) is 14.2 Å². The first-order valence-electron chi connectivity index (χ1n) is 6.53. The highest BCUT2D eigenvalue weighted by Crippen LogP contribution is 2.25. The largest absolute Gasteiger partial charge is 0.497 e. The molecule has 110 valence electrons. The third kappa shape index (κ3) is 4.57. The fourth-order valence-corrected chi connectivity index (χ4v) is 1.67. The molecule has 0 aliphatic carbocycles. The van der Waals surface area contributed by atoms with E-state index in [1.54, 1.807) is 18.2 Å². The predicted molar refractivity (Wildman–Crippen MR) is 74.4 cm³/mol. The second-order valence-electron chi connectivity index (χ2n) is 4.21. The van der Waals surface area contributed by atoms with E-state index in [9.17, 15) is 9.59 Å². The molecule has 0 spiro atoms. The quantitative estimate of drug-likeness (QED) is 0.541. The first-order chi connectivity index (χ1) is 9.62. The van der Waals surface area contributed by atoms with Crippen LogP contribution >= 0.6 is 0 Å². The van der Waals surface area contributed by atoms with Gasteiger partial charge in [0.15, 0.2) is 5.78 Å². The Hall–Kier alpha value is -2.04. The predicted octanol–water partition coefficient (Wildman–Crippen LogP) is 2.62. The zero-order chi connectivity index (χ0) is 15.0. The van der Waals surface area contributed by atoms with Crippen molar-refractivity contribution in [2.24, 2.45) is 0 Å². The topological polar surface area (TPSA) is 61.8 Å². The van der Waals surface area contributed by atoms with Crippen molar-refractivity contribution in [2.75, 3.05) is 20.8 Å². The molecule has 0 saturated heterocycles. The van der Waals surface area contributed by atoms with E-state index in [0.29, 0.717) is 23.7 Å². The van der Waals surface area contributed by atoms with Crippen molar-refractivity contribution < 1.29 is 23.8 Å². The molecule has 0 amide bonds. The lowest BCUT2D eigenvalue weighted by Crippen LogP contribution is -2.09. The number of benzene rings is 1. The van der Waals surface area contributed by atoms with Gasteiger partial charge in [0.2, 0.25) is 0 Å². The SMILES string of the molecule is CCCOC(=O)CCC(=O)c1cc(OC)ccc1OC. The maximum atomic E-state index is 12.1. The summed E-state index contributed by atoms with van der Waals surface area (Å²) >= 11 is 0. The molecule has 0 aromatic heterocycles. The van der Waals surface area contributed by atoms with Gasteiger partial charge in [0.1, 0.15) is 11.5 Å². The summed E-state index contributed by atoms with van der Waals surface area (Å²) in [5, 5.41) is 0. The Bertz CT molecular complexity index is 467.